The maximum absolute atomic E-state index is 5.84. The normalized spacial score (nSPS) is 14.8. The lowest BCUT2D eigenvalue weighted by molar-refractivity contribution is 0.195. The number of aryl methyl sites for hydroxylation is 2. The van der Waals surface area contributed by atoms with Gasteiger partial charge in [0.1, 0.15) is 11.9 Å². The van der Waals surface area contributed by atoms with Crippen LogP contribution in [0.5, 0.6) is 5.75 Å². The summed E-state index contributed by atoms with van der Waals surface area (Å²) in [6.07, 6.45) is 0.0462. The molecule has 1 rings (SSSR count). The average molecular weight is 207 g/mol. The molecular formula is C13H21NO. The van der Waals surface area contributed by atoms with Gasteiger partial charge in [-0.3, -0.25) is 0 Å². The molecule has 2 heteroatoms. The minimum Gasteiger partial charge on any atom is -0.489 e. The molecule has 1 aromatic carbocycles. The van der Waals surface area contributed by atoms with Crippen molar-refractivity contribution in [2.75, 3.05) is 0 Å². The van der Waals surface area contributed by atoms with Crippen LogP contribution in [-0.4, -0.2) is 12.1 Å². The predicted molar refractivity (Wildman–Crippen MR) is 64.4 cm³/mol. The Bertz CT molecular complexity index is 345. The molecule has 0 radical (unpaired) electrons. The number of benzene rings is 1. The highest BCUT2D eigenvalue weighted by Gasteiger charge is 2.11. The van der Waals surface area contributed by atoms with Crippen LogP contribution in [0, 0.1) is 20.8 Å². The van der Waals surface area contributed by atoms with E-state index in [1.165, 1.54) is 16.7 Å². The Kier molecular flexibility index (Phi) is 3.75. The fourth-order valence-corrected chi connectivity index (χ4v) is 1.43. The van der Waals surface area contributed by atoms with Crippen LogP contribution in [-0.2, 0) is 0 Å². The zero-order chi connectivity index (χ0) is 11.6. The van der Waals surface area contributed by atoms with Crippen molar-refractivity contribution in [3.05, 3.63) is 28.8 Å². The third-order valence-corrected chi connectivity index (χ3v) is 2.82. The number of ether oxygens (including phenoxy) is 1. The second kappa shape index (κ2) is 4.67. The third-order valence-electron chi connectivity index (χ3n) is 2.82. The summed E-state index contributed by atoms with van der Waals surface area (Å²) in [5, 5.41) is 0. The Morgan fingerprint density at radius 2 is 1.73 bits per heavy atom. The molecule has 0 amide bonds. The number of hydrogen-bond acceptors (Lipinski definition) is 2. The Balaban J connectivity index is 2.94. The first-order chi connectivity index (χ1) is 6.91. The van der Waals surface area contributed by atoms with E-state index < -0.39 is 0 Å². The van der Waals surface area contributed by atoms with E-state index in [1.807, 2.05) is 13.8 Å². The van der Waals surface area contributed by atoms with Gasteiger partial charge in [0.15, 0.2) is 0 Å². The predicted octanol–water partition coefficient (Wildman–Crippen LogP) is 2.73. The lowest BCUT2D eigenvalue weighted by atomic mass is 10.1. The summed E-state index contributed by atoms with van der Waals surface area (Å²) in [7, 11) is 0. The van der Waals surface area contributed by atoms with Gasteiger partial charge in [-0.15, -0.1) is 0 Å². The molecule has 0 saturated carbocycles. The van der Waals surface area contributed by atoms with Crippen LogP contribution in [0.4, 0.5) is 0 Å². The molecule has 0 heterocycles. The summed E-state index contributed by atoms with van der Waals surface area (Å²) in [4.78, 5) is 0. The van der Waals surface area contributed by atoms with Gasteiger partial charge >= 0.3 is 0 Å². The Morgan fingerprint density at radius 3 is 2.27 bits per heavy atom. The SMILES string of the molecule is Cc1cc(C)c(C)c(OC(C)[C@H](C)N)c1. The summed E-state index contributed by atoms with van der Waals surface area (Å²) < 4.78 is 5.84. The van der Waals surface area contributed by atoms with E-state index in [0.717, 1.165) is 5.75 Å². The highest BCUT2D eigenvalue weighted by molar-refractivity contribution is 5.42. The molecule has 1 aromatic rings. The minimum absolute atomic E-state index is 0.0462. The summed E-state index contributed by atoms with van der Waals surface area (Å²) in [6, 6.07) is 4.28. The zero-order valence-corrected chi connectivity index (χ0v) is 10.3. The van der Waals surface area contributed by atoms with Crippen molar-refractivity contribution in [2.45, 2.75) is 46.8 Å². The van der Waals surface area contributed by atoms with E-state index in [-0.39, 0.29) is 12.1 Å². The molecule has 0 fully saturated rings. The van der Waals surface area contributed by atoms with Crippen LogP contribution in [0.1, 0.15) is 30.5 Å². The highest BCUT2D eigenvalue weighted by atomic mass is 16.5. The zero-order valence-electron chi connectivity index (χ0n) is 10.3. The summed E-state index contributed by atoms with van der Waals surface area (Å²) in [5.41, 5.74) is 9.48. The van der Waals surface area contributed by atoms with Gasteiger partial charge < -0.3 is 10.5 Å². The van der Waals surface area contributed by atoms with Crippen molar-refractivity contribution in [1.82, 2.24) is 0 Å². The molecule has 0 bridgehead atoms. The lowest BCUT2D eigenvalue weighted by Crippen LogP contribution is -2.33. The van der Waals surface area contributed by atoms with E-state index in [4.69, 9.17) is 10.5 Å². The van der Waals surface area contributed by atoms with Gasteiger partial charge in [-0.05, 0) is 57.4 Å². The van der Waals surface area contributed by atoms with Crippen molar-refractivity contribution in [2.24, 2.45) is 5.73 Å². The molecule has 0 aromatic heterocycles. The number of hydrogen-bond donors (Lipinski definition) is 1. The standard InChI is InChI=1S/C13H21NO/c1-8-6-9(2)10(3)13(7-8)15-12(5)11(4)14/h6-7,11-12H,14H2,1-5H3/t11-,12?/m0/s1. The van der Waals surface area contributed by atoms with Crippen LogP contribution in [0.3, 0.4) is 0 Å². The monoisotopic (exact) mass is 207 g/mol. The van der Waals surface area contributed by atoms with Gasteiger partial charge in [0.05, 0.1) is 0 Å². The highest BCUT2D eigenvalue weighted by Crippen LogP contribution is 2.24. The molecule has 2 nitrogen and oxygen atoms in total. The van der Waals surface area contributed by atoms with Crippen molar-refractivity contribution >= 4 is 0 Å². The molecule has 15 heavy (non-hydrogen) atoms. The fourth-order valence-electron chi connectivity index (χ4n) is 1.43. The van der Waals surface area contributed by atoms with Crippen molar-refractivity contribution in [1.29, 1.82) is 0 Å². The minimum atomic E-state index is 0.0462. The van der Waals surface area contributed by atoms with Gasteiger partial charge in [-0.25, -0.2) is 0 Å². The lowest BCUT2D eigenvalue weighted by Gasteiger charge is -2.20. The van der Waals surface area contributed by atoms with Gasteiger partial charge in [0.25, 0.3) is 0 Å². The number of rotatable bonds is 3. The Morgan fingerprint density at radius 1 is 1.13 bits per heavy atom. The summed E-state index contributed by atoms with van der Waals surface area (Å²) in [5.74, 6) is 0.956. The summed E-state index contributed by atoms with van der Waals surface area (Å²) in [6.45, 7) is 10.2. The molecule has 0 spiro atoms. The average Bonchev–Trinajstić information content (AvgIpc) is 2.13. The summed E-state index contributed by atoms with van der Waals surface area (Å²) >= 11 is 0. The first-order valence-electron chi connectivity index (χ1n) is 5.42. The largest absolute Gasteiger partial charge is 0.489 e. The first kappa shape index (κ1) is 12.1. The van der Waals surface area contributed by atoms with E-state index in [2.05, 4.69) is 32.9 Å². The van der Waals surface area contributed by atoms with Crippen LogP contribution in [0.15, 0.2) is 12.1 Å². The second-order valence-electron chi connectivity index (χ2n) is 4.39. The molecule has 0 aliphatic heterocycles. The smallest absolute Gasteiger partial charge is 0.123 e. The van der Waals surface area contributed by atoms with E-state index in [9.17, 15) is 0 Å². The van der Waals surface area contributed by atoms with Gasteiger partial charge in [0, 0.05) is 6.04 Å². The van der Waals surface area contributed by atoms with Crippen LogP contribution < -0.4 is 10.5 Å². The topological polar surface area (TPSA) is 35.2 Å². The molecule has 84 valence electrons. The van der Waals surface area contributed by atoms with E-state index in [0.29, 0.717) is 0 Å². The molecule has 0 aliphatic carbocycles. The van der Waals surface area contributed by atoms with Crippen molar-refractivity contribution in [3.8, 4) is 5.75 Å². The maximum atomic E-state index is 5.84. The molecule has 0 saturated heterocycles. The Hall–Kier alpha value is -1.02. The van der Waals surface area contributed by atoms with Crippen molar-refractivity contribution in [3.63, 3.8) is 0 Å². The maximum Gasteiger partial charge on any atom is 0.123 e. The van der Waals surface area contributed by atoms with Crippen LogP contribution in [0.25, 0.3) is 0 Å². The van der Waals surface area contributed by atoms with Gasteiger partial charge in [-0.1, -0.05) is 6.07 Å². The van der Waals surface area contributed by atoms with E-state index in [1.54, 1.807) is 0 Å². The molecule has 1 unspecified atom stereocenters. The second-order valence-corrected chi connectivity index (χ2v) is 4.39. The Labute approximate surface area is 92.4 Å². The quantitative estimate of drug-likeness (QED) is 0.827. The molecule has 2 atom stereocenters. The third kappa shape index (κ3) is 2.96. The first-order valence-corrected chi connectivity index (χ1v) is 5.42. The molecule has 2 N–H and O–H groups in total. The van der Waals surface area contributed by atoms with Gasteiger partial charge in [-0.2, -0.15) is 0 Å². The van der Waals surface area contributed by atoms with Crippen LogP contribution >= 0.6 is 0 Å². The van der Waals surface area contributed by atoms with Crippen LogP contribution in [0.2, 0.25) is 0 Å². The molecular weight excluding hydrogens is 186 g/mol. The van der Waals surface area contributed by atoms with E-state index >= 15 is 0 Å². The van der Waals surface area contributed by atoms with Crippen molar-refractivity contribution < 1.29 is 4.74 Å². The fraction of sp³-hybridized carbons (Fsp3) is 0.538. The number of nitrogens with two attached hydrogens (primary N) is 1. The molecule has 0 aliphatic rings. The van der Waals surface area contributed by atoms with Gasteiger partial charge in [0.2, 0.25) is 0 Å².